The molecule has 0 fully saturated rings. The molecule has 0 spiro atoms. The van der Waals surface area contributed by atoms with E-state index in [1.54, 1.807) is 37.3 Å². The maximum absolute atomic E-state index is 13.5. The van der Waals surface area contributed by atoms with E-state index in [4.69, 9.17) is 9.47 Å². The number of thiazole rings is 1. The van der Waals surface area contributed by atoms with E-state index in [9.17, 15) is 14.4 Å². The highest BCUT2D eigenvalue weighted by Crippen LogP contribution is 2.30. The number of carbonyl (C=O) groups is 2. The number of para-hydroxylation sites is 1. The minimum absolute atomic E-state index is 0.297. The molecule has 1 aliphatic heterocycles. The number of rotatable bonds is 4. The summed E-state index contributed by atoms with van der Waals surface area (Å²) in [6.45, 7) is 3.05. The fourth-order valence-electron chi connectivity index (χ4n) is 3.63. The molecule has 162 valence electrons. The number of nitrogens with zero attached hydrogens (tertiary/aromatic N) is 2. The highest BCUT2D eigenvalue weighted by atomic mass is 32.1. The summed E-state index contributed by atoms with van der Waals surface area (Å²) in [6, 6.07) is 15.6. The van der Waals surface area contributed by atoms with Crippen molar-refractivity contribution < 1.29 is 19.1 Å². The van der Waals surface area contributed by atoms with Crippen LogP contribution < -0.4 is 19.6 Å². The third kappa shape index (κ3) is 3.92. The van der Waals surface area contributed by atoms with Crippen LogP contribution >= 0.6 is 11.3 Å². The van der Waals surface area contributed by atoms with E-state index in [1.165, 1.54) is 29.9 Å². The first-order valence-electron chi connectivity index (χ1n) is 9.84. The number of fused-ring (bicyclic) bond motifs is 1. The minimum atomic E-state index is -0.661. The van der Waals surface area contributed by atoms with Crippen molar-refractivity contribution in [2.75, 3.05) is 7.11 Å². The summed E-state index contributed by atoms with van der Waals surface area (Å²) in [4.78, 5) is 42.6. The lowest BCUT2D eigenvalue weighted by Crippen LogP contribution is -2.39. The van der Waals surface area contributed by atoms with Crippen LogP contribution in [0.2, 0.25) is 0 Å². The van der Waals surface area contributed by atoms with Crippen LogP contribution in [0.1, 0.15) is 31.0 Å². The average molecular weight is 449 g/mol. The van der Waals surface area contributed by atoms with Gasteiger partial charge in [0.05, 0.1) is 29.0 Å². The van der Waals surface area contributed by atoms with Gasteiger partial charge in [-0.2, -0.15) is 0 Å². The lowest BCUT2D eigenvalue weighted by Gasteiger charge is -2.24. The molecule has 2 aromatic carbocycles. The fourth-order valence-corrected chi connectivity index (χ4v) is 4.67. The van der Waals surface area contributed by atoms with E-state index < -0.39 is 18.0 Å². The Hall–Kier alpha value is -3.78. The molecule has 0 bridgehead atoms. The van der Waals surface area contributed by atoms with E-state index in [-0.39, 0.29) is 5.56 Å². The van der Waals surface area contributed by atoms with E-state index in [1.807, 2.05) is 30.3 Å². The molecule has 2 heterocycles. The standard InChI is InChI=1S/C24H20N2O5S/c1-14-20(23(29)30-3)21(16-9-5-4-6-10-16)26-22(28)19(32-24(26)25-14)13-17-11-7-8-12-18(17)31-15(2)27/h4-13,21H,1-3H3/b19-13-. The summed E-state index contributed by atoms with van der Waals surface area (Å²) in [5.41, 5.74) is 1.88. The Balaban J connectivity index is 1.95. The summed E-state index contributed by atoms with van der Waals surface area (Å²) >= 11 is 1.21. The normalized spacial score (nSPS) is 15.7. The second kappa shape index (κ2) is 8.76. The highest BCUT2D eigenvalue weighted by molar-refractivity contribution is 7.07. The summed E-state index contributed by atoms with van der Waals surface area (Å²) in [6.07, 6.45) is 1.67. The Morgan fingerprint density at radius 1 is 1.09 bits per heavy atom. The van der Waals surface area contributed by atoms with Gasteiger partial charge < -0.3 is 9.47 Å². The van der Waals surface area contributed by atoms with Crippen molar-refractivity contribution in [1.82, 2.24) is 4.57 Å². The number of aromatic nitrogens is 1. The van der Waals surface area contributed by atoms with Gasteiger partial charge in [0.1, 0.15) is 5.75 Å². The molecular formula is C24H20N2O5S. The van der Waals surface area contributed by atoms with Crippen LogP contribution in [0.5, 0.6) is 5.75 Å². The average Bonchev–Trinajstić information content (AvgIpc) is 3.08. The summed E-state index contributed by atoms with van der Waals surface area (Å²) < 4.78 is 12.2. The van der Waals surface area contributed by atoms with Crippen LogP contribution in [0.15, 0.2) is 75.7 Å². The molecule has 8 heteroatoms. The number of allylic oxidation sites excluding steroid dienone is 1. The number of carbonyl (C=O) groups excluding carboxylic acids is 2. The maximum Gasteiger partial charge on any atom is 0.338 e. The van der Waals surface area contributed by atoms with Gasteiger partial charge in [-0.15, -0.1) is 0 Å². The second-order valence-corrected chi connectivity index (χ2v) is 8.12. The molecule has 0 saturated carbocycles. The summed E-state index contributed by atoms with van der Waals surface area (Å²) in [5, 5.41) is 0. The lowest BCUT2D eigenvalue weighted by molar-refractivity contribution is -0.136. The van der Waals surface area contributed by atoms with Crippen molar-refractivity contribution in [3.05, 3.63) is 96.7 Å². The molecule has 1 atom stereocenters. The van der Waals surface area contributed by atoms with Crippen molar-refractivity contribution in [3.63, 3.8) is 0 Å². The zero-order valence-electron chi connectivity index (χ0n) is 17.7. The Bertz CT molecular complexity index is 1420. The smallest absolute Gasteiger partial charge is 0.338 e. The van der Waals surface area contributed by atoms with Gasteiger partial charge in [0, 0.05) is 12.5 Å². The summed E-state index contributed by atoms with van der Waals surface area (Å²) in [5.74, 6) is -0.624. The van der Waals surface area contributed by atoms with Crippen molar-refractivity contribution in [3.8, 4) is 5.75 Å². The molecule has 7 nitrogen and oxygen atoms in total. The molecule has 1 aliphatic rings. The molecule has 1 unspecified atom stereocenters. The third-order valence-corrected chi connectivity index (χ3v) is 5.98. The number of benzene rings is 2. The number of methoxy groups -OCH3 is 1. The predicted molar refractivity (Wildman–Crippen MR) is 120 cm³/mol. The van der Waals surface area contributed by atoms with Crippen LogP contribution in [-0.2, 0) is 14.3 Å². The van der Waals surface area contributed by atoms with Gasteiger partial charge in [-0.25, -0.2) is 9.79 Å². The Morgan fingerprint density at radius 2 is 1.78 bits per heavy atom. The van der Waals surface area contributed by atoms with Crippen molar-refractivity contribution in [2.24, 2.45) is 4.99 Å². The second-order valence-electron chi connectivity index (χ2n) is 7.12. The minimum Gasteiger partial charge on any atom is -0.466 e. The Kier molecular flexibility index (Phi) is 5.87. The number of hydrogen-bond acceptors (Lipinski definition) is 7. The van der Waals surface area contributed by atoms with Crippen LogP contribution in [0.4, 0.5) is 0 Å². The van der Waals surface area contributed by atoms with Crippen molar-refractivity contribution in [2.45, 2.75) is 19.9 Å². The third-order valence-electron chi connectivity index (χ3n) is 5.00. The molecule has 4 rings (SSSR count). The molecule has 0 radical (unpaired) electrons. The van der Waals surface area contributed by atoms with Gasteiger partial charge in [0.25, 0.3) is 5.56 Å². The van der Waals surface area contributed by atoms with Gasteiger partial charge in [-0.3, -0.25) is 14.2 Å². The van der Waals surface area contributed by atoms with Crippen LogP contribution in [-0.4, -0.2) is 23.6 Å². The molecule has 0 aliphatic carbocycles. The Morgan fingerprint density at radius 3 is 2.47 bits per heavy atom. The predicted octanol–water partition coefficient (Wildman–Crippen LogP) is 2.33. The quantitative estimate of drug-likeness (QED) is 0.452. The first-order valence-corrected chi connectivity index (χ1v) is 10.7. The first kappa shape index (κ1) is 21.5. The topological polar surface area (TPSA) is 87.0 Å². The molecule has 1 aromatic heterocycles. The SMILES string of the molecule is COC(=O)C1=C(C)N=c2s/c(=C\c3ccccc3OC(C)=O)c(=O)n2C1c1ccccc1. The van der Waals surface area contributed by atoms with Gasteiger partial charge in [-0.1, -0.05) is 59.9 Å². The highest BCUT2D eigenvalue weighted by Gasteiger charge is 2.32. The monoisotopic (exact) mass is 448 g/mol. The fraction of sp³-hybridized carbons (Fsp3) is 0.167. The van der Waals surface area contributed by atoms with Gasteiger partial charge in [-0.05, 0) is 24.6 Å². The number of ether oxygens (including phenoxy) is 2. The zero-order chi connectivity index (χ0) is 22.8. The van der Waals surface area contributed by atoms with Crippen molar-refractivity contribution in [1.29, 1.82) is 0 Å². The molecule has 32 heavy (non-hydrogen) atoms. The van der Waals surface area contributed by atoms with Crippen LogP contribution in [0.25, 0.3) is 6.08 Å². The van der Waals surface area contributed by atoms with Crippen LogP contribution in [0.3, 0.4) is 0 Å². The van der Waals surface area contributed by atoms with E-state index in [0.29, 0.717) is 31.9 Å². The lowest BCUT2D eigenvalue weighted by atomic mass is 9.96. The van der Waals surface area contributed by atoms with Gasteiger partial charge in [0.15, 0.2) is 4.80 Å². The van der Waals surface area contributed by atoms with Gasteiger partial charge in [0.2, 0.25) is 0 Å². The number of esters is 2. The number of hydrogen-bond donors (Lipinski definition) is 0. The molecular weight excluding hydrogens is 428 g/mol. The molecule has 3 aromatic rings. The van der Waals surface area contributed by atoms with Crippen molar-refractivity contribution >= 4 is 29.4 Å². The Labute approximate surface area is 187 Å². The maximum atomic E-state index is 13.5. The summed E-state index contributed by atoms with van der Waals surface area (Å²) in [7, 11) is 1.31. The van der Waals surface area contributed by atoms with E-state index in [2.05, 4.69) is 4.99 Å². The van der Waals surface area contributed by atoms with E-state index in [0.717, 1.165) is 5.56 Å². The van der Waals surface area contributed by atoms with Crippen LogP contribution in [0, 0.1) is 0 Å². The molecule has 0 saturated heterocycles. The molecule has 0 amide bonds. The van der Waals surface area contributed by atoms with E-state index >= 15 is 0 Å². The van der Waals surface area contributed by atoms with Gasteiger partial charge >= 0.3 is 11.9 Å². The molecule has 0 N–H and O–H groups in total. The largest absolute Gasteiger partial charge is 0.466 e. The zero-order valence-corrected chi connectivity index (χ0v) is 18.5. The first-order chi connectivity index (χ1) is 15.4.